The molecule has 0 radical (unpaired) electrons. The summed E-state index contributed by atoms with van der Waals surface area (Å²) in [6, 6.07) is 73.9. The largest absolute Gasteiger partial charge is 0.456 e. The zero-order chi connectivity index (χ0) is 37.0. The highest BCUT2D eigenvalue weighted by molar-refractivity contribution is 7.25. The van der Waals surface area contributed by atoms with Crippen molar-refractivity contribution in [2.45, 2.75) is 0 Å². The molecule has 2 heterocycles. The summed E-state index contributed by atoms with van der Waals surface area (Å²) in [6.45, 7) is 0. The third kappa shape index (κ3) is 5.58. The van der Waals surface area contributed by atoms with E-state index in [2.05, 4.69) is 204 Å². The Balaban J connectivity index is 1.03. The first-order valence-electron chi connectivity index (χ1n) is 18.9. The first kappa shape index (κ1) is 32.3. The van der Waals surface area contributed by atoms with Crippen LogP contribution in [0.3, 0.4) is 0 Å². The average molecular weight is 735 g/mol. The van der Waals surface area contributed by atoms with Crippen LogP contribution in [-0.2, 0) is 0 Å². The molecule has 0 saturated heterocycles. The van der Waals surface area contributed by atoms with E-state index in [1.165, 1.54) is 42.1 Å². The van der Waals surface area contributed by atoms with Crippen LogP contribution in [-0.4, -0.2) is 0 Å². The summed E-state index contributed by atoms with van der Waals surface area (Å²) in [5.41, 5.74) is 10.8. The van der Waals surface area contributed by atoms with E-state index < -0.39 is 0 Å². The minimum atomic E-state index is 0.873. The third-order valence-electron chi connectivity index (χ3n) is 10.8. The zero-order valence-corrected chi connectivity index (χ0v) is 31.2. The molecule has 9 aromatic carbocycles. The lowest BCUT2D eigenvalue weighted by Gasteiger charge is -2.26. The molecule has 0 aliphatic heterocycles. The van der Waals surface area contributed by atoms with E-state index in [1.807, 2.05) is 23.5 Å². The van der Waals surface area contributed by atoms with E-state index >= 15 is 0 Å². The topological polar surface area (TPSA) is 19.6 Å². The molecule has 11 aromatic rings. The van der Waals surface area contributed by atoms with Gasteiger partial charge >= 0.3 is 0 Å². The van der Waals surface area contributed by atoms with E-state index in [9.17, 15) is 0 Å². The Morgan fingerprint density at radius 1 is 0.304 bits per heavy atom. The molecule has 0 unspecified atom stereocenters. The van der Waals surface area contributed by atoms with Gasteiger partial charge in [-0.1, -0.05) is 109 Å². The van der Waals surface area contributed by atoms with Crippen molar-refractivity contribution in [3.63, 3.8) is 0 Å². The highest BCUT2D eigenvalue weighted by Crippen LogP contribution is 2.44. The van der Waals surface area contributed by atoms with Crippen molar-refractivity contribution in [3.05, 3.63) is 206 Å². The van der Waals surface area contributed by atoms with Crippen LogP contribution in [0, 0.1) is 0 Å². The quantitative estimate of drug-likeness (QED) is 0.163. The lowest BCUT2D eigenvalue weighted by atomic mass is 10.0. The van der Waals surface area contributed by atoms with Gasteiger partial charge in [0.2, 0.25) is 0 Å². The first-order chi connectivity index (χ1) is 27.7. The summed E-state index contributed by atoms with van der Waals surface area (Å²) >= 11 is 1.84. The van der Waals surface area contributed by atoms with Crippen molar-refractivity contribution in [3.8, 4) is 11.1 Å². The number of rotatable bonds is 7. The number of anilines is 6. The molecular weight excluding hydrogens is 701 g/mol. The van der Waals surface area contributed by atoms with Crippen LogP contribution in [0.4, 0.5) is 34.1 Å². The second-order valence-electron chi connectivity index (χ2n) is 14.2. The maximum absolute atomic E-state index is 6.41. The van der Waals surface area contributed by atoms with E-state index in [0.29, 0.717) is 0 Å². The van der Waals surface area contributed by atoms with Crippen LogP contribution in [0.25, 0.3) is 64.0 Å². The maximum Gasteiger partial charge on any atom is 0.137 e. The Morgan fingerprint density at radius 2 is 0.857 bits per heavy atom. The van der Waals surface area contributed by atoms with Crippen molar-refractivity contribution in [2.24, 2.45) is 0 Å². The number of hydrogen-bond donors (Lipinski definition) is 0. The standard InChI is InChI=1S/C52H34N2OS/c1-3-13-39(14-4-1)53(40-15-5-2-6-16-40)44-26-29-47-48-32-42(27-30-51(48)56-52(47)34-44)54(43-25-28-46-45-17-9-10-18-49(45)55-50(46)33-43)41-23-21-36(22-24-41)38-20-19-35-11-7-8-12-37(35)31-38/h1-34H. The van der Waals surface area contributed by atoms with Gasteiger partial charge in [0.15, 0.2) is 0 Å². The molecule has 2 aromatic heterocycles. The van der Waals surface area contributed by atoms with Gasteiger partial charge < -0.3 is 14.2 Å². The monoisotopic (exact) mass is 734 g/mol. The van der Waals surface area contributed by atoms with E-state index in [-0.39, 0.29) is 0 Å². The summed E-state index contributed by atoms with van der Waals surface area (Å²) in [4.78, 5) is 4.67. The summed E-state index contributed by atoms with van der Waals surface area (Å²) in [7, 11) is 0. The predicted octanol–water partition coefficient (Wildman–Crippen LogP) is 15.7. The maximum atomic E-state index is 6.41. The number of hydrogen-bond acceptors (Lipinski definition) is 4. The molecule has 0 fully saturated rings. The molecule has 3 nitrogen and oxygen atoms in total. The van der Waals surface area contributed by atoms with E-state index in [1.54, 1.807) is 0 Å². The smallest absolute Gasteiger partial charge is 0.137 e. The van der Waals surface area contributed by atoms with Crippen molar-refractivity contribution >= 4 is 98.3 Å². The van der Waals surface area contributed by atoms with Gasteiger partial charge in [0.25, 0.3) is 0 Å². The number of furan rings is 1. The average Bonchev–Trinajstić information content (AvgIpc) is 3.82. The zero-order valence-electron chi connectivity index (χ0n) is 30.3. The summed E-state index contributed by atoms with van der Waals surface area (Å²) < 4.78 is 8.92. The summed E-state index contributed by atoms with van der Waals surface area (Å²) in [5.74, 6) is 0. The van der Waals surface area contributed by atoms with Gasteiger partial charge in [-0.25, -0.2) is 0 Å². The van der Waals surface area contributed by atoms with E-state index in [0.717, 1.165) is 56.1 Å². The Morgan fingerprint density at radius 3 is 1.64 bits per heavy atom. The van der Waals surface area contributed by atoms with Crippen molar-refractivity contribution < 1.29 is 4.42 Å². The molecule has 0 atom stereocenters. The Kier molecular flexibility index (Phi) is 7.68. The minimum absolute atomic E-state index is 0.873. The number of nitrogens with zero attached hydrogens (tertiary/aromatic N) is 2. The number of para-hydroxylation sites is 3. The Bertz CT molecular complexity index is 3160. The van der Waals surface area contributed by atoms with Crippen molar-refractivity contribution in [1.82, 2.24) is 0 Å². The Hall–Kier alpha value is -7.14. The molecule has 0 N–H and O–H groups in total. The van der Waals surface area contributed by atoms with Gasteiger partial charge in [0.05, 0.1) is 0 Å². The van der Waals surface area contributed by atoms with Crippen LogP contribution in [0.15, 0.2) is 211 Å². The highest BCUT2D eigenvalue weighted by atomic mass is 32.1. The lowest BCUT2D eigenvalue weighted by Crippen LogP contribution is -2.09. The van der Waals surface area contributed by atoms with Crippen LogP contribution in [0.5, 0.6) is 0 Å². The molecule has 0 amide bonds. The van der Waals surface area contributed by atoms with Crippen LogP contribution in [0.1, 0.15) is 0 Å². The fourth-order valence-corrected chi connectivity index (χ4v) is 9.23. The predicted molar refractivity (Wildman–Crippen MR) is 239 cm³/mol. The van der Waals surface area contributed by atoms with Crippen LogP contribution < -0.4 is 9.80 Å². The van der Waals surface area contributed by atoms with Crippen molar-refractivity contribution in [2.75, 3.05) is 9.80 Å². The molecule has 0 spiro atoms. The summed E-state index contributed by atoms with van der Waals surface area (Å²) in [5, 5.41) is 7.22. The fourth-order valence-electron chi connectivity index (χ4n) is 8.11. The summed E-state index contributed by atoms with van der Waals surface area (Å²) in [6.07, 6.45) is 0. The van der Waals surface area contributed by atoms with Gasteiger partial charge in [-0.15, -0.1) is 11.3 Å². The molecule has 56 heavy (non-hydrogen) atoms. The highest BCUT2D eigenvalue weighted by Gasteiger charge is 2.19. The molecule has 0 saturated carbocycles. The Labute approximate surface area is 328 Å². The second-order valence-corrected chi connectivity index (χ2v) is 15.3. The lowest BCUT2D eigenvalue weighted by molar-refractivity contribution is 0.669. The molecule has 0 aliphatic rings. The minimum Gasteiger partial charge on any atom is -0.456 e. The molecule has 0 aliphatic carbocycles. The van der Waals surface area contributed by atoms with Gasteiger partial charge in [0, 0.05) is 71.1 Å². The fraction of sp³-hybridized carbons (Fsp3) is 0. The van der Waals surface area contributed by atoms with Gasteiger partial charge in [0.1, 0.15) is 11.2 Å². The molecule has 264 valence electrons. The van der Waals surface area contributed by atoms with Crippen LogP contribution in [0.2, 0.25) is 0 Å². The number of fused-ring (bicyclic) bond motifs is 7. The number of thiophene rings is 1. The van der Waals surface area contributed by atoms with Gasteiger partial charge in [-0.2, -0.15) is 0 Å². The van der Waals surface area contributed by atoms with Gasteiger partial charge in [-0.3, -0.25) is 0 Å². The van der Waals surface area contributed by atoms with Crippen molar-refractivity contribution in [1.29, 1.82) is 0 Å². The second kappa shape index (κ2) is 13.3. The SMILES string of the molecule is c1ccc(N(c2ccccc2)c2ccc3c(c2)sc2ccc(N(c4ccc(-c5ccc6ccccc6c5)cc4)c4ccc5c(c4)oc4ccccc45)cc23)cc1. The number of benzene rings is 9. The van der Waals surface area contributed by atoms with Crippen LogP contribution >= 0.6 is 11.3 Å². The van der Waals surface area contributed by atoms with E-state index in [4.69, 9.17) is 4.42 Å². The third-order valence-corrected chi connectivity index (χ3v) is 11.9. The molecule has 4 heteroatoms. The molecular formula is C52H34N2OS. The molecule has 11 rings (SSSR count). The first-order valence-corrected chi connectivity index (χ1v) is 19.7. The molecule has 0 bridgehead atoms. The normalized spacial score (nSPS) is 11.6. The van der Waals surface area contributed by atoms with Gasteiger partial charge in [-0.05, 0) is 113 Å².